The summed E-state index contributed by atoms with van der Waals surface area (Å²) in [5.74, 6) is -6.61. The van der Waals surface area contributed by atoms with Crippen LogP contribution in [0.2, 0.25) is 0 Å². The third-order valence-corrected chi connectivity index (χ3v) is 9.85. The van der Waals surface area contributed by atoms with Crippen LogP contribution in [-0.4, -0.2) is 143 Å². The van der Waals surface area contributed by atoms with E-state index in [1.54, 1.807) is 13.8 Å². The van der Waals surface area contributed by atoms with Crippen LogP contribution in [0.3, 0.4) is 0 Å². The van der Waals surface area contributed by atoms with E-state index in [-0.39, 0.29) is 43.3 Å². The first-order valence-electron chi connectivity index (χ1n) is 19.1. The number of guanidine groups is 1. The molecule has 23 heteroatoms. The van der Waals surface area contributed by atoms with Crippen molar-refractivity contribution in [1.82, 2.24) is 36.8 Å². The number of phenols is 1. The summed E-state index contributed by atoms with van der Waals surface area (Å²) in [6.07, 6.45) is 1.57. The van der Waals surface area contributed by atoms with Crippen LogP contribution in [0.15, 0.2) is 29.3 Å². The molecule has 0 aliphatic carbocycles. The molecule has 1 aliphatic rings. The maximum absolute atomic E-state index is 13.8. The molecule has 0 radical (unpaired) electrons. The topological polar surface area (TPSA) is 369 Å². The smallest absolute Gasteiger partial charge is 0.245 e. The van der Waals surface area contributed by atoms with Crippen molar-refractivity contribution < 1.29 is 48.6 Å². The van der Waals surface area contributed by atoms with Crippen LogP contribution in [-0.2, 0) is 44.8 Å². The van der Waals surface area contributed by atoms with E-state index in [2.05, 4.69) is 49.5 Å². The maximum atomic E-state index is 13.8. The summed E-state index contributed by atoms with van der Waals surface area (Å²) in [7, 11) is 0. The highest BCUT2D eigenvalue weighted by Gasteiger charge is 2.36. The number of phenolic OH excluding ortho intramolecular Hbond substituents is 1. The van der Waals surface area contributed by atoms with Crippen molar-refractivity contribution in [3.05, 3.63) is 29.8 Å². The molecule has 0 bridgehead atoms. The summed E-state index contributed by atoms with van der Waals surface area (Å²) >= 11 is 4.05. The zero-order valence-corrected chi connectivity index (χ0v) is 34.0. The Hall–Kier alpha value is -5.68. The van der Waals surface area contributed by atoms with E-state index >= 15 is 0 Å². The number of amides is 8. The quantitative estimate of drug-likeness (QED) is 0.0201. The van der Waals surface area contributed by atoms with Gasteiger partial charge in [-0.15, -0.1) is 0 Å². The summed E-state index contributed by atoms with van der Waals surface area (Å²) in [6.45, 7) is 1.82. The molecule has 1 aromatic carbocycles. The molecule has 0 saturated carbocycles. The van der Waals surface area contributed by atoms with Gasteiger partial charge in [0.1, 0.15) is 36.0 Å². The fourth-order valence-corrected chi connectivity index (χ4v) is 6.09. The number of aliphatic hydroxyl groups excluding tert-OH is 1. The molecule has 1 aromatic rings. The predicted octanol–water partition coefficient (Wildman–Crippen LogP) is -5.07. The minimum absolute atomic E-state index is 0.0365. The van der Waals surface area contributed by atoms with Crippen LogP contribution in [0.5, 0.6) is 5.75 Å². The van der Waals surface area contributed by atoms with Crippen LogP contribution in [0, 0.1) is 5.92 Å². The zero-order valence-electron chi connectivity index (χ0n) is 33.1. The molecule has 22 nitrogen and oxygen atoms in total. The summed E-state index contributed by atoms with van der Waals surface area (Å²) < 4.78 is 0. The number of rotatable bonds is 24. The van der Waals surface area contributed by atoms with Crippen molar-refractivity contribution in [2.24, 2.45) is 33.8 Å². The molecule has 328 valence electrons. The van der Waals surface area contributed by atoms with Crippen LogP contribution >= 0.6 is 12.6 Å². The molecular weight excluding hydrogens is 793 g/mol. The van der Waals surface area contributed by atoms with Gasteiger partial charge in [-0.2, -0.15) is 12.6 Å². The highest BCUT2D eigenvalue weighted by atomic mass is 32.1. The number of nitrogens with one attached hydrogen (secondary N) is 6. The largest absolute Gasteiger partial charge is 0.508 e. The highest BCUT2D eigenvalue weighted by Crippen LogP contribution is 2.19. The number of carbonyl (C=O) groups excluding carboxylic acids is 8. The summed E-state index contributed by atoms with van der Waals surface area (Å²) in [4.78, 5) is 109. The second-order valence-corrected chi connectivity index (χ2v) is 14.4. The number of aromatic hydroxyl groups is 1. The number of thiol groups is 1. The Labute approximate surface area is 347 Å². The molecular formula is C36H58N12O10S. The number of primary amides is 1. The van der Waals surface area contributed by atoms with E-state index in [9.17, 15) is 48.6 Å². The minimum atomic E-state index is -1.52. The van der Waals surface area contributed by atoms with E-state index in [4.69, 9.17) is 22.9 Å². The van der Waals surface area contributed by atoms with Crippen molar-refractivity contribution in [2.75, 3.05) is 38.5 Å². The number of hydrogen-bond donors (Lipinski definition) is 13. The van der Waals surface area contributed by atoms with Crippen LogP contribution < -0.4 is 54.8 Å². The SMILES string of the molecule is CC[C@H](C)[C@@H](NC(=O)[C@H](Cc1ccc(O)cc1)NC(=O)CNC(=O)[C@@H]1CCCN1C(=O)[C@@H](N)CS)C(=O)NCC(=O)N[C@@H](CO)C(=O)N[C@@H](CCCN=C(N)N)C(N)=O. The monoisotopic (exact) mass is 850 g/mol. The van der Waals surface area contributed by atoms with Gasteiger partial charge in [0.15, 0.2) is 5.96 Å². The second kappa shape index (κ2) is 24.9. The molecule has 8 amide bonds. The second-order valence-electron chi connectivity index (χ2n) is 14.0. The Bertz CT molecular complexity index is 1660. The van der Waals surface area contributed by atoms with Gasteiger partial charge in [-0.05, 0) is 49.3 Å². The third-order valence-electron chi connectivity index (χ3n) is 9.46. The van der Waals surface area contributed by atoms with E-state index in [1.165, 1.54) is 29.2 Å². The predicted molar refractivity (Wildman–Crippen MR) is 218 cm³/mol. The van der Waals surface area contributed by atoms with Gasteiger partial charge in [-0.3, -0.25) is 43.3 Å². The highest BCUT2D eigenvalue weighted by molar-refractivity contribution is 7.80. The van der Waals surface area contributed by atoms with E-state index in [1.807, 2.05) is 0 Å². The lowest BCUT2D eigenvalue weighted by molar-refractivity contribution is -0.139. The van der Waals surface area contributed by atoms with Crippen LogP contribution in [0.25, 0.3) is 0 Å². The number of likely N-dealkylation sites (tertiary alicyclic amines) is 1. The molecule has 16 N–H and O–H groups in total. The van der Waals surface area contributed by atoms with Gasteiger partial charge in [0.25, 0.3) is 0 Å². The van der Waals surface area contributed by atoms with Gasteiger partial charge >= 0.3 is 0 Å². The summed E-state index contributed by atoms with van der Waals surface area (Å²) in [5.41, 5.74) is 22.3. The molecule has 1 heterocycles. The maximum Gasteiger partial charge on any atom is 0.245 e. The molecule has 2 rings (SSSR count). The Morgan fingerprint density at radius 2 is 1.49 bits per heavy atom. The molecule has 0 unspecified atom stereocenters. The number of benzene rings is 1. The lowest BCUT2D eigenvalue weighted by Crippen LogP contribution is -2.58. The van der Waals surface area contributed by atoms with Crippen molar-refractivity contribution in [1.29, 1.82) is 0 Å². The Kier molecular flexibility index (Phi) is 20.9. The van der Waals surface area contributed by atoms with Crippen LogP contribution in [0.1, 0.15) is 51.5 Å². The number of nitrogens with two attached hydrogens (primary N) is 4. The minimum Gasteiger partial charge on any atom is -0.508 e. The molecule has 1 fully saturated rings. The average Bonchev–Trinajstić information content (AvgIpc) is 3.70. The van der Waals surface area contributed by atoms with Gasteiger partial charge in [-0.1, -0.05) is 32.4 Å². The van der Waals surface area contributed by atoms with E-state index in [0.29, 0.717) is 31.4 Å². The number of nitrogens with zero attached hydrogens (tertiary/aromatic N) is 2. The van der Waals surface area contributed by atoms with Crippen molar-refractivity contribution in [3.8, 4) is 5.75 Å². The van der Waals surface area contributed by atoms with E-state index in [0.717, 1.165) is 0 Å². The fourth-order valence-electron chi connectivity index (χ4n) is 5.94. The third kappa shape index (κ3) is 16.6. The van der Waals surface area contributed by atoms with Gasteiger partial charge in [0.2, 0.25) is 47.3 Å². The Morgan fingerprint density at radius 1 is 0.881 bits per heavy atom. The fraction of sp³-hybridized carbons (Fsp3) is 0.583. The number of aliphatic imine (C=N–C) groups is 1. The summed E-state index contributed by atoms with van der Waals surface area (Å²) in [5, 5.41) is 34.3. The van der Waals surface area contributed by atoms with Gasteiger partial charge in [-0.25, -0.2) is 0 Å². The summed E-state index contributed by atoms with van der Waals surface area (Å²) in [6, 6.07) is -1.08. The standard InChI is InChI=1S/C36H58N12O10S/c1-3-19(2)29(34(57)43-16-28(52)45-25(17-49)32(55)46-23(30(38)53)6-4-12-41-36(39)40)47-31(54)24(14-20-8-10-21(50)11-9-20)44-27(51)15-42-33(56)26-7-5-13-48(26)35(58)22(37)18-59/h8-11,19,22-26,29,49-50,59H,3-7,12-18,37H2,1-2H3,(H2,38,53)(H,42,56)(H,43,57)(H,44,51)(H,45,52)(H,46,55)(H,47,54)(H4,39,40,41)/t19-,22-,23-,24-,25-,26-,29+/m0/s1. The van der Waals surface area contributed by atoms with Crippen molar-refractivity contribution >= 4 is 65.8 Å². The van der Waals surface area contributed by atoms with Gasteiger partial charge in [0.05, 0.1) is 25.7 Å². The molecule has 7 atom stereocenters. The van der Waals surface area contributed by atoms with Gasteiger partial charge < -0.3 is 69.9 Å². The molecule has 0 aromatic heterocycles. The van der Waals surface area contributed by atoms with Crippen molar-refractivity contribution in [3.63, 3.8) is 0 Å². The molecule has 1 saturated heterocycles. The average molecular weight is 851 g/mol. The van der Waals surface area contributed by atoms with E-state index < -0.39 is 109 Å². The molecule has 0 spiro atoms. The zero-order chi connectivity index (χ0) is 44.2. The Balaban J connectivity index is 2.10. The first kappa shape index (κ1) is 49.5. The first-order valence-corrected chi connectivity index (χ1v) is 19.7. The Morgan fingerprint density at radius 3 is 2.07 bits per heavy atom. The number of hydrogen-bond acceptors (Lipinski definition) is 13. The van der Waals surface area contributed by atoms with Crippen molar-refractivity contribution in [2.45, 2.75) is 88.6 Å². The molecule has 59 heavy (non-hydrogen) atoms. The lowest BCUT2D eigenvalue weighted by Gasteiger charge is -2.27. The normalized spacial score (nSPS) is 16.5. The number of carbonyl (C=O) groups is 8. The lowest BCUT2D eigenvalue weighted by atomic mass is 9.97. The molecule has 1 aliphatic heterocycles. The van der Waals surface area contributed by atoms with Crippen LogP contribution in [0.4, 0.5) is 0 Å². The number of aliphatic hydroxyl groups is 1. The van der Waals surface area contributed by atoms with Gasteiger partial charge in [0, 0.05) is 25.3 Å². The first-order chi connectivity index (χ1) is 27.9.